The van der Waals surface area contributed by atoms with E-state index in [2.05, 4.69) is 31.1 Å². The smallest absolute Gasteiger partial charge is 0.308 e. The van der Waals surface area contributed by atoms with Crippen LogP contribution in [0.1, 0.15) is 29.2 Å². The first-order valence-corrected chi connectivity index (χ1v) is 22.6. The lowest BCUT2D eigenvalue weighted by Crippen LogP contribution is -2.20. The molecule has 19 nitrogen and oxygen atoms in total. The van der Waals surface area contributed by atoms with Gasteiger partial charge in [-0.25, -0.2) is 4.79 Å². The number of nitrogens with zero attached hydrogens (tertiary/aromatic N) is 4. The van der Waals surface area contributed by atoms with Crippen LogP contribution >= 0.6 is 0 Å². The Morgan fingerprint density at radius 1 is 0.593 bits per heavy atom. The van der Waals surface area contributed by atoms with Crippen molar-refractivity contribution in [3.8, 4) is 0 Å². The van der Waals surface area contributed by atoms with Crippen molar-refractivity contribution in [3.63, 3.8) is 0 Å². The first-order valence-electron chi connectivity index (χ1n) is 16.9. The number of hydrogen-bond acceptors (Lipinski definition) is 13. The summed E-state index contributed by atoms with van der Waals surface area (Å²) in [5.74, 6) is -0.745. The fourth-order valence-corrected chi connectivity index (χ4v) is 9.74. The van der Waals surface area contributed by atoms with E-state index in [1.807, 2.05) is 0 Å². The topological polar surface area (TPSA) is 308 Å². The number of anilines is 2. The second kappa shape index (κ2) is 15.8. The van der Waals surface area contributed by atoms with Crippen LogP contribution < -0.4 is 10.6 Å². The van der Waals surface area contributed by atoms with E-state index in [9.17, 15) is 56.7 Å². The molecule has 0 aliphatic heterocycles. The van der Waals surface area contributed by atoms with Crippen LogP contribution in [0.5, 0.6) is 0 Å². The standard InChI is InChI=1S/C36H32N6O13S4/c1-19-16-22(10-13-28(19)39-41-30-15-12-24-25(34(30)58(50,51)52)6-4-8-31(24)56(44,45)46)37-36(43)38-23-11-14-29(20(2)17-23)40-42-33-21(3)18-27-26(35(33)59(53,54)55)7-5-9-32(27)57(47,48)49/h4-17,21H,18H2,1-3H3,(H2,37,38,43)(H,44,45,46)(H,47,48,49)(H,50,51,52)(H,53,54,55). The molecule has 1 unspecified atom stereocenters. The van der Waals surface area contributed by atoms with Crippen molar-refractivity contribution < 1.29 is 56.7 Å². The van der Waals surface area contributed by atoms with Gasteiger partial charge >= 0.3 is 6.03 Å². The molecule has 23 heteroatoms. The average Bonchev–Trinajstić information content (AvgIpc) is 3.11. The third-order valence-electron chi connectivity index (χ3n) is 9.05. The van der Waals surface area contributed by atoms with Gasteiger partial charge in [0.15, 0.2) is 0 Å². The molecule has 0 heterocycles. The number of fused-ring (bicyclic) bond motifs is 2. The molecule has 5 aromatic rings. The fourth-order valence-electron chi connectivity index (χ4n) is 6.47. The van der Waals surface area contributed by atoms with E-state index in [1.54, 1.807) is 32.9 Å². The summed E-state index contributed by atoms with van der Waals surface area (Å²) in [6.45, 7) is 4.84. The van der Waals surface area contributed by atoms with Crippen molar-refractivity contribution >= 4 is 90.6 Å². The van der Waals surface area contributed by atoms with Crippen molar-refractivity contribution in [1.82, 2.24) is 0 Å². The van der Waals surface area contributed by atoms with Crippen LogP contribution in [-0.4, -0.2) is 57.9 Å². The van der Waals surface area contributed by atoms with Crippen molar-refractivity contribution in [3.05, 3.63) is 113 Å². The Balaban J connectivity index is 1.18. The van der Waals surface area contributed by atoms with Crippen LogP contribution in [0.3, 0.4) is 0 Å². The molecular formula is C36H32N6O13S4. The number of rotatable bonds is 10. The van der Waals surface area contributed by atoms with Gasteiger partial charge in [0, 0.05) is 33.6 Å². The second-order valence-electron chi connectivity index (χ2n) is 13.2. The molecule has 2 amide bonds. The highest BCUT2D eigenvalue weighted by atomic mass is 32.2. The zero-order valence-electron chi connectivity index (χ0n) is 30.8. The molecule has 0 spiro atoms. The Bertz CT molecular complexity index is 3150. The number of carbonyl (C=O) groups is 1. The summed E-state index contributed by atoms with van der Waals surface area (Å²) >= 11 is 0. The number of nitrogens with one attached hydrogen (secondary N) is 2. The largest absolute Gasteiger partial charge is 0.323 e. The molecule has 0 saturated heterocycles. The molecule has 6 rings (SSSR count). The van der Waals surface area contributed by atoms with Gasteiger partial charge in [-0.3, -0.25) is 18.2 Å². The van der Waals surface area contributed by atoms with Gasteiger partial charge in [0.25, 0.3) is 40.5 Å². The van der Waals surface area contributed by atoms with E-state index in [4.69, 9.17) is 0 Å². The third-order valence-corrected chi connectivity index (χ3v) is 12.8. The molecule has 0 bridgehead atoms. The highest BCUT2D eigenvalue weighted by molar-refractivity contribution is 7.95. The first kappa shape index (κ1) is 42.8. The maximum Gasteiger partial charge on any atom is 0.323 e. The highest BCUT2D eigenvalue weighted by Gasteiger charge is 2.35. The van der Waals surface area contributed by atoms with Gasteiger partial charge in [0.05, 0.1) is 22.0 Å². The van der Waals surface area contributed by atoms with Crippen molar-refractivity contribution in [2.75, 3.05) is 10.6 Å². The summed E-state index contributed by atoms with van der Waals surface area (Å²) in [6.07, 6.45) is -0.0319. The van der Waals surface area contributed by atoms with Crippen LogP contribution in [-0.2, 0) is 46.9 Å². The molecule has 0 aromatic heterocycles. The van der Waals surface area contributed by atoms with Crippen LogP contribution in [0.15, 0.2) is 126 Å². The van der Waals surface area contributed by atoms with Crippen LogP contribution in [0, 0.1) is 19.8 Å². The summed E-state index contributed by atoms with van der Waals surface area (Å²) in [5.41, 5.74) is 1.61. The lowest BCUT2D eigenvalue weighted by Gasteiger charge is -2.25. The number of hydrogen-bond donors (Lipinski definition) is 6. The van der Waals surface area contributed by atoms with Gasteiger partial charge in [0.1, 0.15) is 20.4 Å². The summed E-state index contributed by atoms with van der Waals surface area (Å²) in [6, 6.07) is 17.9. The first-order chi connectivity index (χ1) is 27.4. The van der Waals surface area contributed by atoms with Gasteiger partial charge < -0.3 is 10.6 Å². The maximum absolute atomic E-state index is 12.9. The van der Waals surface area contributed by atoms with E-state index in [1.165, 1.54) is 54.6 Å². The van der Waals surface area contributed by atoms with Crippen LogP contribution in [0.4, 0.5) is 33.2 Å². The molecule has 0 saturated carbocycles. The van der Waals surface area contributed by atoms with Gasteiger partial charge in [-0.2, -0.15) is 49.0 Å². The SMILES string of the molecule is Cc1cc(NC(=O)Nc2ccc(N=Nc3ccc4c(S(=O)(=O)O)cccc4c3S(=O)(=O)O)c(C)c2)ccc1N=NC1=C(S(=O)(=O)O)c2cccc(S(=O)(=O)O)c2CC1C. The Morgan fingerprint density at radius 2 is 1.10 bits per heavy atom. The van der Waals surface area contributed by atoms with E-state index < -0.39 is 72.0 Å². The van der Waals surface area contributed by atoms with E-state index in [0.717, 1.165) is 18.2 Å². The zero-order valence-corrected chi connectivity index (χ0v) is 34.0. The normalized spacial score (nSPS) is 15.2. The van der Waals surface area contributed by atoms with Crippen molar-refractivity contribution in [2.45, 2.75) is 41.9 Å². The summed E-state index contributed by atoms with van der Waals surface area (Å²) in [5, 5.41) is 21.3. The minimum absolute atomic E-state index is 0.00683. The van der Waals surface area contributed by atoms with Gasteiger partial charge in [-0.1, -0.05) is 37.3 Å². The number of amides is 2. The van der Waals surface area contributed by atoms with Gasteiger partial charge in [0.2, 0.25) is 0 Å². The molecule has 1 aliphatic carbocycles. The van der Waals surface area contributed by atoms with Gasteiger partial charge in [-0.05, 0) is 91.6 Å². The van der Waals surface area contributed by atoms with Crippen molar-refractivity contribution in [2.24, 2.45) is 26.4 Å². The van der Waals surface area contributed by atoms with E-state index >= 15 is 0 Å². The predicted octanol–water partition coefficient (Wildman–Crippen LogP) is 7.79. The Labute approximate surface area is 337 Å². The molecule has 308 valence electrons. The molecular weight excluding hydrogens is 853 g/mol. The Morgan fingerprint density at radius 3 is 1.63 bits per heavy atom. The molecule has 1 atom stereocenters. The van der Waals surface area contributed by atoms with Crippen LogP contribution in [0.25, 0.3) is 15.7 Å². The quantitative estimate of drug-likeness (QED) is 0.0577. The number of aryl methyl sites for hydroxylation is 2. The highest BCUT2D eigenvalue weighted by Crippen LogP contribution is 2.42. The Hall–Kier alpha value is -5.79. The zero-order chi connectivity index (χ0) is 43.2. The number of urea groups is 1. The van der Waals surface area contributed by atoms with Crippen molar-refractivity contribution in [1.29, 1.82) is 0 Å². The summed E-state index contributed by atoms with van der Waals surface area (Å²) in [4.78, 5) is 10.5. The van der Waals surface area contributed by atoms with E-state index in [-0.39, 0.29) is 51.1 Å². The second-order valence-corrected chi connectivity index (χ2v) is 18.7. The minimum Gasteiger partial charge on any atom is -0.308 e. The summed E-state index contributed by atoms with van der Waals surface area (Å²) < 4.78 is 137. The molecule has 59 heavy (non-hydrogen) atoms. The number of azo groups is 2. The average molecular weight is 885 g/mol. The third kappa shape index (κ3) is 9.26. The molecule has 1 aliphatic rings. The number of benzene rings is 5. The van der Waals surface area contributed by atoms with Crippen LogP contribution in [0.2, 0.25) is 0 Å². The van der Waals surface area contributed by atoms with E-state index in [0.29, 0.717) is 22.5 Å². The molecule has 5 aromatic carbocycles. The molecule has 6 N–H and O–H groups in total. The number of allylic oxidation sites excluding steroid dienone is 1. The molecule has 0 radical (unpaired) electrons. The Kier molecular flexibility index (Phi) is 11.4. The monoisotopic (exact) mass is 884 g/mol. The van der Waals surface area contributed by atoms with Gasteiger partial charge in [-0.15, -0.1) is 5.11 Å². The number of carbonyl (C=O) groups excluding carboxylic acids is 1. The minimum atomic E-state index is -4.97. The maximum atomic E-state index is 12.9. The summed E-state index contributed by atoms with van der Waals surface area (Å²) in [7, 11) is -19.4. The lowest BCUT2D eigenvalue weighted by atomic mass is 9.88. The lowest BCUT2D eigenvalue weighted by molar-refractivity contribution is 0.262. The molecule has 0 fully saturated rings. The fraction of sp³-hybridized carbons (Fsp3) is 0.139. The predicted molar refractivity (Wildman–Crippen MR) is 215 cm³/mol.